The van der Waals surface area contributed by atoms with Gasteiger partial charge in [-0.2, -0.15) is 8.42 Å². The van der Waals surface area contributed by atoms with Crippen LogP contribution in [0.4, 0.5) is 0 Å². The van der Waals surface area contributed by atoms with Gasteiger partial charge in [-0.25, -0.2) is 0 Å². The van der Waals surface area contributed by atoms with Crippen LogP contribution >= 0.6 is 11.3 Å². The van der Waals surface area contributed by atoms with Crippen LogP contribution in [-0.4, -0.2) is 50.1 Å². The maximum Gasteiger partial charge on any atom is 0.285 e. The van der Waals surface area contributed by atoms with Gasteiger partial charge in [0.25, 0.3) is 15.9 Å². The van der Waals surface area contributed by atoms with Crippen LogP contribution in [0.1, 0.15) is 21.5 Å². The highest BCUT2D eigenvalue weighted by Gasteiger charge is 2.19. The largest absolute Gasteiger partial charge is 0.378 e. The number of morpholine rings is 1. The zero-order valence-electron chi connectivity index (χ0n) is 17.1. The smallest absolute Gasteiger partial charge is 0.285 e. The van der Waals surface area contributed by atoms with Gasteiger partial charge in [0, 0.05) is 36.8 Å². The van der Waals surface area contributed by atoms with E-state index < -0.39 is 10.0 Å². The van der Waals surface area contributed by atoms with E-state index in [-0.39, 0.29) is 10.8 Å². The van der Waals surface area contributed by atoms with E-state index in [1.807, 2.05) is 25.1 Å². The number of rotatable bonds is 5. The highest BCUT2D eigenvalue weighted by molar-refractivity contribution is 7.90. The summed E-state index contributed by atoms with van der Waals surface area (Å²) < 4.78 is 36.5. The lowest BCUT2D eigenvalue weighted by Crippen LogP contribution is -2.40. The maximum atomic E-state index is 12.8. The molecule has 162 valence electrons. The molecule has 4 rings (SSSR count). The molecule has 3 aromatic rings. The lowest BCUT2D eigenvalue weighted by Gasteiger charge is -2.27. The van der Waals surface area contributed by atoms with Crippen molar-refractivity contribution in [2.24, 2.45) is 4.40 Å². The normalized spacial score (nSPS) is 15.3. The molecule has 1 aromatic heterocycles. The van der Waals surface area contributed by atoms with Gasteiger partial charge in [-0.1, -0.05) is 29.8 Å². The summed E-state index contributed by atoms with van der Waals surface area (Å²) in [5.74, 6) is -0.0210. The Bertz CT molecular complexity index is 1240. The fraction of sp³-hybridized carbons (Fsp3) is 0.273. The molecule has 31 heavy (non-hydrogen) atoms. The van der Waals surface area contributed by atoms with Crippen molar-refractivity contribution in [3.63, 3.8) is 0 Å². The van der Waals surface area contributed by atoms with Crippen LogP contribution in [0.5, 0.6) is 0 Å². The SMILES string of the molecule is Cc1ccc(S(=O)(=O)N=c2sccn2Cc2cccc(C(=O)N3CCOCC3)c2)cc1. The van der Waals surface area contributed by atoms with Crippen molar-refractivity contribution in [3.8, 4) is 0 Å². The van der Waals surface area contributed by atoms with Crippen LogP contribution in [-0.2, 0) is 21.3 Å². The second kappa shape index (κ2) is 9.17. The van der Waals surface area contributed by atoms with Crippen molar-refractivity contribution < 1.29 is 17.9 Å². The minimum atomic E-state index is -3.81. The molecule has 0 aliphatic carbocycles. The first-order valence-electron chi connectivity index (χ1n) is 9.90. The number of ether oxygens (including phenoxy) is 1. The maximum absolute atomic E-state index is 12.8. The van der Waals surface area contributed by atoms with Gasteiger partial charge in [-0.3, -0.25) is 4.79 Å². The molecule has 9 heteroatoms. The number of carbonyl (C=O) groups is 1. The summed E-state index contributed by atoms with van der Waals surface area (Å²) in [6.45, 7) is 4.59. The summed E-state index contributed by atoms with van der Waals surface area (Å²) in [5, 5.41) is 1.80. The Kier molecular flexibility index (Phi) is 6.35. The van der Waals surface area contributed by atoms with Gasteiger partial charge in [0.1, 0.15) is 0 Å². The Hall–Kier alpha value is -2.75. The third-order valence-electron chi connectivity index (χ3n) is 5.00. The number of amides is 1. The molecule has 0 unspecified atom stereocenters. The molecule has 1 aliphatic heterocycles. The van der Waals surface area contributed by atoms with Crippen molar-refractivity contribution in [1.29, 1.82) is 0 Å². The van der Waals surface area contributed by atoms with Gasteiger partial charge < -0.3 is 14.2 Å². The fourth-order valence-corrected chi connectivity index (χ4v) is 5.26. The molecule has 1 amide bonds. The number of aryl methyl sites for hydroxylation is 1. The number of sulfonamides is 1. The summed E-state index contributed by atoms with van der Waals surface area (Å²) >= 11 is 1.25. The van der Waals surface area contributed by atoms with Crippen LogP contribution < -0.4 is 4.80 Å². The standard InChI is InChI=1S/C22H23N3O4S2/c1-17-5-7-20(8-6-17)31(27,28)23-22-25(11-14-30-22)16-18-3-2-4-19(15-18)21(26)24-9-12-29-13-10-24/h2-8,11,14-15H,9-10,12-13,16H2,1H3. The third-order valence-corrected chi connectivity index (χ3v) is 7.19. The van der Waals surface area contributed by atoms with E-state index in [9.17, 15) is 13.2 Å². The van der Waals surface area contributed by atoms with Crippen LogP contribution in [0.3, 0.4) is 0 Å². The quantitative estimate of drug-likeness (QED) is 0.590. The first-order valence-corrected chi connectivity index (χ1v) is 12.2. The number of hydrogen-bond donors (Lipinski definition) is 0. The monoisotopic (exact) mass is 457 g/mol. The topological polar surface area (TPSA) is 81.0 Å². The van der Waals surface area contributed by atoms with E-state index in [1.165, 1.54) is 11.3 Å². The van der Waals surface area contributed by atoms with E-state index in [0.717, 1.165) is 11.1 Å². The summed E-state index contributed by atoms with van der Waals surface area (Å²) in [6.07, 6.45) is 1.80. The van der Waals surface area contributed by atoms with Crippen LogP contribution in [0.2, 0.25) is 0 Å². The molecular weight excluding hydrogens is 434 g/mol. The molecule has 2 heterocycles. The summed E-state index contributed by atoms with van der Waals surface area (Å²) in [5.41, 5.74) is 2.49. The van der Waals surface area contributed by atoms with Gasteiger partial charge in [0.15, 0.2) is 0 Å². The van der Waals surface area contributed by atoms with E-state index in [1.54, 1.807) is 51.4 Å². The Morgan fingerprint density at radius 1 is 1.13 bits per heavy atom. The van der Waals surface area contributed by atoms with Gasteiger partial charge in [-0.05, 0) is 36.8 Å². The Balaban J connectivity index is 1.58. The molecular formula is C22H23N3O4S2. The van der Waals surface area contributed by atoms with E-state index in [0.29, 0.717) is 43.2 Å². The minimum absolute atomic E-state index is 0.0210. The van der Waals surface area contributed by atoms with Crippen LogP contribution in [0.25, 0.3) is 0 Å². The first-order chi connectivity index (χ1) is 14.9. The number of hydrogen-bond acceptors (Lipinski definition) is 5. The zero-order chi connectivity index (χ0) is 21.8. The lowest BCUT2D eigenvalue weighted by atomic mass is 10.1. The average Bonchev–Trinajstić information content (AvgIpc) is 3.20. The second-order valence-corrected chi connectivity index (χ2v) is 9.77. The van der Waals surface area contributed by atoms with E-state index in [4.69, 9.17) is 4.74 Å². The molecule has 1 saturated heterocycles. The number of thiazole rings is 1. The molecule has 1 aliphatic rings. The van der Waals surface area contributed by atoms with Gasteiger partial charge in [0.2, 0.25) is 4.80 Å². The molecule has 2 aromatic carbocycles. The van der Waals surface area contributed by atoms with Gasteiger partial charge >= 0.3 is 0 Å². The summed E-state index contributed by atoms with van der Waals surface area (Å²) in [4.78, 5) is 15.1. The highest BCUT2D eigenvalue weighted by Crippen LogP contribution is 2.14. The molecule has 7 nitrogen and oxygen atoms in total. The molecule has 0 saturated carbocycles. The minimum Gasteiger partial charge on any atom is -0.378 e. The predicted octanol–water partition coefficient (Wildman–Crippen LogP) is 2.67. The Morgan fingerprint density at radius 3 is 2.61 bits per heavy atom. The van der Waals surface area contributed by atoms with E-state index in [2.05, 4.69) is 4.40 Å². The van der Waals surface area contributed by atoms with E-state index >= 15 is 0 Å². The average molecular weight is 458 g/mol. The number of benzene rings is 2. The molecule has 1 fully saturated rings. The van der Waals surface area contributed by atoms with Gasteiger partial charge in [-0.15, -0.1) is 15.7 Å². The first kappa shape index (κ1) is 21.5. The number of nitrogens with zero attached hydrogens (tertiary/aromatic N) is 3. The third kappa shape index (κ3) is 5.12. The summed E-state index contributed by atoms with van der Waals surface area (Å²) in [6, 6.07) is 14.0. The van der Waals surface area contributed by atoms with Crippen molar-refractivity contribution in [1.82, 2.24) is 9.47 Å². The van der Waals surface area contributed by atoms with Crippen molar-refractivity contribution in [3.05, 3.63) is 81.6 Å². The lowest BCUT2D eigenvalue weighted by molar-refractivity contribution is 0.0303. The van der Waals surface area contributed by atoms with Crippen molar-refractivity contribution in [2.45, 2.75) is 18.4 Å². The molecule has 0 N–H and O–H groups in total. The number of carbonyl (C=O) groups excluding carboxylic acids is 1. The molecule has 0 atom stereocenters. The highest BCUT2D eigenvalue weighted by atomic mass is 32.2. The van der Waals surface area contributed by atoms with Crippen molar-refractivity contribution in [2.75, 3.05) is 26.3 Å². The Morgan fingerprint density at radius 2 is 1.87 bits per heavy atom. The zero-order valence-corrected chi connectivity index (χ0v) is 18.7. The Labute approximate surface area is 185 Å². The summed E-state index contributed by atoms with van der Waals surface area (Å²) in [7, 11) is -3.81. The number of aromatic nitrogens is 1. The molecule has 0 spiro atoms. The predicted molar refractivity (Wildman–Crippen MR) is 119 cm³/mol. The fourth-order valence-electron chi connectivity index (χ4n) is 3.30. The molecule has 0 bridgehead atoms. The van der Waals surface area contributed by atoms with Crippen LogP contribution in [0.15, 0.2) is 69.4 Å². The second-order valence-electron chi connectivity index (χ2n) is 7.30. The van der Waals surface area contributed by atoms with Crippen molar-refractivity contribution >= 4 is 27.3 Å². The van der Waals surface area contributed by atoms with Crippen LogP contribution in [0, 0.1) is 6.92 Å². The van der Waals surface area contributed by atoms with Gasteiger partial charge in [0.05, 0.1) is 18.1 Å². The molecule has 0 radical (unpaired) electrons.